The molecule has 3 rings (SSSR count). The Morgan fingerprint density at radius 3 is 2.79 bits per heavy atom. The van der Waals surface area contributed by atoms with Gasteiger partial charge in [-0.05, 0) is 0 Å². The molecule has 0 spiro atoms. The molecule has 29 heavy (non-hydrogen) atoms. The maximum Gasteiger partial charge on any atom is 0.352 e. The number of amides is 2. The molecule has 2 atom stereocenters. The molecule has 2 aliphatic heterocycles. The van der Waals surface area contributed by atoms with E-state index < -0.39 is 35.2 Å². The van der Waals surface area contributed by atoms with Gasteiger partial charge in [0.1, 0.15) is 23.7 Å². The number of hydrogen-bond acceptors (Lipinski definition) is 9. The third-order valence-corrected chi connectivity index (χ3v) is 6.37. The first-order valence-corrected chi connectivity index (χ1v) is 10.5. The number of aliphatic carboxylic acids is 1. The van der Waals surface area contributed by atoms with Crippen molar-refractivity contribution in [2.45, 2.75) is 18.3 Å². The van der Waals surface area contributed by atoms with Crippen molar-refractivity contribution in [3.05, 3.63) is 27.9 Å². The van der Waals surface area contributed by atoms with Gasteiger partial charge in [0.15, 0.2) is 5.13 Å². The van der Waals surface area contributed by atoms with Gasteiger partial charge in [0.05, 0.1) is 11.3 Å². The van der Waals surface area contributed by atoms with Gasteiger partial charge in [-0.1, -0.05) is 11.6 Å². The van der Waals surface area contributed by atoms with Gasteiger partial charge in [-0.3, -0.25) is 19.3 Å². The lowest BCUT2D eigenvalue weighted by Gasteiger charge is -2.49. The van der Waals surface area contributed by atoms with Crippen LogP contribution in [0.1, 0.15) is 12.6 Å². The molecular weight excluding hydrogens is 444 g/mol. The number of nitrogen functional groups attached to an aromatic ring is 1. The zero-order chi connectivity index (χ0) is 21.3. The average molecular weight is 459 g/mol. The van der Waals surface area contributed by atoms with Crippen molar-refractivity contribution < 1.29 is 29.0 Å². The summed E-state index contributed by atoms with van der Waals surface area (Å²) < 4.78 is 4.87. The number of nitrogens with one attached hydrogen (secondary N) is 1. The Morgan fingerprint density at radius 2 is 2.24 bits per heavy atom. The second-order valence-corrected chi connectivity index (χ2v) is 8.21. The first-order valence-electron chi connectivity index (χ1n) is 8.10. The molecule has 1 saturated heterocycles. The zero-order valence-corrected chi connectivity index (χ0v) is 17.3. The number of esters is 1. The Balaban J connectivity index is 1.76. The van der Waals surface area contributed by atoms with Crippen LogP contribution in [-0.2, 0) is 23.9 Å². The Bertz CT molecular complexity index is 959. The van der Waals surface area contributed by atoms with Crippen molar-refractivity contribution >= 4 is 69.2 Å². The molecule has 0 radical (unpaired) electrons. The number of hydrogen-bond donors (Lipinski definition) is 3. The maximum absolute atomic E-state index is 12.6. The fraction of sp³-hybridized carbons (Fsp3) is 0.312. The summed E-state index contributed by atoms with van der Waals surface area (Å²) >= 11 is 8.14. The van der Waals surface area contributed by atoms with E-state index in [2.05, 4.69) is 10.3 Å². The van der Waals surface area contributed by atoms with Crippen LogP contribution in [0.25, 0.3) is 5.57 Å². The lowest BCUT2D eigenvalue weighted by atomic mass is 10.0. The molecule has 1 fully saturated rings. The van der Waals surface area contributed by atoms with Crippen LogP contribution in [0.3, 0.4) is 0 Å². The Labute approximate surface area is 177 Å². The minimum absolute atomic E-state index is 0.0382. The molecule has 1 aromatic heterocycles. The first kappa shape index (κ1) is 21.1. The van der Waals surface area contributed by atoms with Crippen LogP contribution in [0.5, 0.6) is 0 Å². The molecule has 0 aliphatic carbocycles. The SMILES string of the molecule is CC(=O)OCC1=C(C(=O)O)N2C(=O)C(NC(=O)/C(=C/Cl)c3csc(N)n3)[C@H]2SC1. The highest BCUT2D eigenvalue weighted by Crippen LogP contribution is 2.40. The van der Waals surface area contributed by atoms with Gasteiger partial charge in [-0.15, -0.1) is 23.1 Å². The number of nitrogens with zero attached hydrogens (tertiary/aromatic N) is 2. The fourth-order valence-corrected chi connectivity index (χ4v) is 4.94. The monoisotopic (exact) mass is 458 g/mol. The maximum atomic E-state index is 12.6. The van der Waals surface area contributed by atoms with Crippen molar-refractivity contribution in [3.63, 3.8) is 0 Å². The Morgan fingerprint density at radius 1 is 1.52 bits per heavy atom. The second kappa shape index (κ2) is 8.43. The van der Waals surface area contributed by atoms with Gasteiger partial charge in [0.25, 0.3) is 11.8 Å². The number of carboxylic acids is 1. The number of ether oxygens (including phenoxy) is 1. The predicted molar refractivity (Wildman–Crippen MR) is 107 cm³/mol. The minimum atomic E-state index is -1.31. The van der Waals surface area contributed by atoms with E-state index in [1.807, 2.05) is 0 Å². The van der Waals surface area contributed by atoms with E-state index in [9.17, 15) is 24.3 Å². The number of halogens is 1. The van der Waals surface area contributed by atoms with Crippen LogP contribution < -0.4 is 11.1 Å². The number of fused-ring (bicyclic) bond motifs is 1. The van der Waals surface area contributed by atoms with Gasteiger partial charge >= 0.3 is 11.9 Å². The highest BCUT2D eigenvalue weighted by atomic mass is 35.5. The molecule has 1 unspecified atom stereocenters. The number of thioether (sulfide) groups is 1. The molecule has 2 amide bonds. The number of anilines is 1. The third kappa shape index (κ3) is 4.09. The van der Waals surface area contributed by atoms with E-state index in [0.29, 0.717) is 5.57 Å². The summed E-state index contributed by atoms with van der Waals surface area (Å²) in [6.07, 6.45) is 0. The number of β-lactam (4-membered cyclic amide) rings is 1. The van der Waals surface area contributed by atoms with Crippen molar-refractivity contribution in [1.82, 2.24) is 15.2 Å². The van der Waals surface area contributed by atoms with Gasteiger partial charge in [-0.2, -0.15) is 0 Å². The average Bonchev–Trinajstić information content (AvgIpc) is 3.09. The molecular formula is C16H15ClN4O6S2. The number of rotatable bonds is 6. The molecule has 0 bridgehead atoms. The molecule has 3 heterocycles. The molecule has 1 aromatic rings. The summed E-state index contributed by atoms with van der Waals surface area (Å²) in [4.78, 5) is 52.9. The number of carbonyl (C=O) groups excluding carboxylic acids is 3. The Kier molecular flexibility index (Phi) is 6.15. The van der Waals surface area contributed by atoms with E-state index in [1.54, 1.807) is 5.38 Å². The number of aromatic nitrogens is 1. The zero-order valence-electron chi connectivity index (χ0n) is 14.9. The number of carboxylic acid groups (broad SMARTS) is 1. The fourth-order valence-electron chi connectivity index (χ4n) is 2.84. The largest absolute Gasteiger partial charge is 0.477 e. The van der Waals surface area contributed by atoms with E-state index in [4.69, 9.17) is 22.1 Å². The molecule has 154 valence electrons. The summed E-state index contributed by atoms with van der Waals surface area (Å²) in [5.41, 5.74) is 7.00. The number of carbonyl (C=O) groups is 4. The van der Waals surface area contributed by atoms with Crippen molar-refractivity contribution in [3.8, 4) is 0 Å². The van der Waals surface area contributed by atoms with Gasteiger partial charge in [0.2, 0.25) is 0 Å². The summed E-state index contributed by atoms with van der Waals surface area (Å²) in [5.74, 6) is -2.85. The van der Waals surface area contributed by atoms with Crippen LogP contribution >= 0.6 is 34.7 Å². The molecule has 2 aliphatic rings. The molecule has 0 saturated carbocycles. The Hall–Kier alpha value is -2.57. The smallest absolute Gasteiger partial charge is 0.352 e. The van der Waals surface area contributed by atoms with E-state index in [1.165, 1.54) is 18.7 Å². The van der Waals surface area contributed by atoms with E-state index >= 15 is 0 Å². The summed E-state index contributed by atoms with van der Waals surface area (Å²) in [7, 11) is 0. The molecule has 4 N–H and O–H groups in total. The molecule has 0 aromatic carbocycles. The van der Waals surface area contributed by atoms with Crippen molar-refractivity contribution in [1.29, 1.82) is 0 Å². The van der Waals surface area contributed by atoms with Crippen LogP contribution in [-0.4, -0.2) is 62.5 Å². The van der Waals surface area contributed by atoms with Gasteiger partial charge < -0.3 is 20.9 Å². The third-order valence-electron chi connectivity index (χ3n) is 4.14. The highest BCUT2D eigenvalue weighted by Gasteiger charge is 2.54. The first-order chi connectivity index (χ1) is 13.7. The molecule has 13 heteroatoms. The van der Waals surface area contributed by atoms with E-state index in [-0.39, 0.29) is 34.5 Å². The van der Waals surface area contributed by atoms with Crippen LogP contribution in [0.2, 0.25) is 0 Å². The molecule has 10 nitrogen and oxygen atoms in total. The highest BCUT2D eigenvalue weighted by molar-refractivity contribution is 8.00. The summed E-state index contributed by atoms with van der Waals surface area (Å²) in [5, 5.41) is 13.3. The van der Waals surface area contributed by atoms with Crippen molar-refractivity contribution in [2.75, 3.05) is 18.1 Å². The lowest BCUT2D eigenvalue weighted by molar-refractivity contribution is -0.150. The van der Waals surface area contributed by atoms with E-state index in [0.717, 1.165) is 21.8 Å². The van der Waals surface area contributed by atoms with Gasteiger partial charge in [0, 0.05) is 29.2 Å². The quantitative estimate of drug-likeness (QED) is 0.316. The lowest BCUT2D eigenvalue weighted by Crippen LogP contribution is -2.70. The number of thiazole rings is 1. The van der Waals surface area contributed by atoms with Crippen LogP contribution in [0.15, 0.2) is 22.2 Å². The second-order valence-electron chi connectivity index (χ2n) is 5.99. The topological polar surface area (TPSA) is 152 Å². The minimum Gasteiger partial charge on any atom is -0.477 e. The van der Waals surface area contributed by atoms with Crippen LogP contribution in [0, 0.1) is 0 Å². The normalized spacial score (nSPS) is 21.4. The standard InChI is InChI=1S/C16H15ClN4O6S2/c1-6(22)27-3-7-4-28-14-10(13(24)21(14)11(7)15(25)26)20-12(23)8(2-17)9-5-29-16(18)19-9/h2,5,10,14H,3-4H2,1H3,(H2,18,19)(H,20,23)(H,25,26)/b8-2+/t10?,14-/m1/s1. The van der Waals surface area contributed by atoms with Gasteiger partial charge in [-0.25, -0.2) is 9.78 Å². The summed E-state index contributed by atoms with van der Waals surface area (Å²) in [6.45, 7) is 0.986. The summed E-state index contributed by atoms with van der Waals surface area (Å²) in [6, 6.07) is -0.931. The van der Waals surface area contributed by atoms with Crippen molar-refractivity contribution in [2.24, 2.45) is 0 Å². The van der Waals surface area contributed by atoms with Crippen LogP contribution in [0.4, 0.5) is 5.13 Å². The predicted octanol–water partition coefficient (Wildman–Crippen LogP) is 0.607. The number of nitrogens with two attached hydrogens (primary N) is 1.